The molecule has 7 rings (SSSR count). The molecule has 286 valence electrons. The minimum Gasteiger partial charge on any atom is -0.444 e. The van der Waals surface area contributed by atoms with Crippen molar-refractivity contribution in [2.24, 2.45) is 0 Å². The average Bonchev–Trinajstić information content (AvgIpc) is 3.77. The Labute approximate surface area is 324 Å². The number of thiophene rings is 1. The fraction of sp³-hybridized carbons (Fsp3) is 0.421. The zero-order valence-electron chi connectivity index (χ0n) is 31.0. The number of hydrogen-bond donors (Lipinski definition) is 1. The Kier molecular flexibility index (Phi) is 12.5. The normalized spacial score (nSPS) is 14.4. The number of amides is 2. The molecular weight excluding hydrogens is 755 g/mol. The number of rotatable bonds is 2. The first-order valence-electron chi connectivity index (χ1n) is 17.2. The van der Waals surface area contributed by atoms with Crippen molar-refractivity contribution in [1.82, 2.24) is 19.8 Å². The van der Waals surface area contributed by atoms with Crippen LogP contribution in [0, 0.1) is 23.0 Å². The molecule has 0 aliphatic carbocycles. The lowest BCUT2D eigenvalue weighted by molar-refractivity contribution is -0.121. The second-order valence-corrected chi connectivity index (χ2v) is 17.9. The summed E-state index contributed by atoms with van der Waals surface area (Å²) in [6, 6.07) is 11.0. The maximum absolute atomic E-state index is 13.5. The third-order valence-corrected chi connectivity index (χ3v) is 11.0. The summed E-state index contributed by atoms with van der Waals surface area (Å²) in [5, 5.41) is 10.7. The van der Waals surface area contributed by atoms with Gasteiger partial charge in [0.2, 0.25) is 0 Å². The predicted octanol–water partition coefficient (Wildman–Crippen LogP) is 9.13. The van der Waals surface area contributed by atoms with E-state index in [1.807, 2.05) is 47.6 Å². The smallest absolute Gasteiger partial charge is 0.410 e. The van der Waals surface area contributed by atoms with E-state index in [1.54, 1.807) is 21.9 Å². The average molecular weight is 797 g/mol. The maximum atomic E-state index is 13.5. The summed E-state index contributed by atoms with van der Waals surface area (Å²) in [4.78, 5) is 48.0. The van der Waals surface area contributed by atoms with E-state index in [4.69, 9.17) is 20.5 Å². The summed E-state index contributed by atoms with van der Waals surface area (Å²) < 4.78 is 38.5. The van der Waals surface area contributed by atoms with Crippen molar-refractivity contribution in [1.29, 1.82) is 5.26 Å². The molecule has 1 fully saturated rings. The van der Waals surface area contributed by atoms with Gasteiger partial charge in [-0.15, -0.1) is 34.0 Å². The Morgan fingerprint density at radius 1 is 0.833 bits per heavy atom. The van der Waals surface area contributed by atoms with Crippen molar-refractivity contribution in [3.05, 3.63) is 63.5 Å². The number of carbonyl (C=O) groups is 3. The number of nitrogen functional groups attached to an aromatic ring is 1. The van der Waals surface area contributed by atoms with Crippen LogP contribution in [0.2, 0.25) is 0 Å². The van der Waals surface area contributed by atoms with Crippen molar-refractivity contribution in [2.75, 3.05) is 25.4 Å². The molecule has 0 unspecified atom stereocenters. The number of nitrogens with zero attached hydrogens (tertiary/aromatic N) is 5. The van der Waals surface area contributed by atoms with Crippen LogP contribution in [0.5, 0.6) is 0 Å². The lowest BCUT2D eigenvalue weighted by Crippen LogP contribution is -2.41. The number of aromatic nitrogens is 2. The first-order chi connectivity index (χ1) is 25.4. The summed E-state index contributed by atoms with van der Waals surface area (Å²) >= 11 is 4.29. The van der Waals surface area contributed by atoms with Gasteiger partial charge in [0.1, 0.15) is 38.6 Å². The molecule has 0 radical (unpaired) electrons. The molecule has 0 spiro atoms. The van der Waals surface area contributed by atoms with Gasteiger partial charge in [0, 0.05) is 42.9 Å². The summed E-state index contributed by atoms with van der Waals surface area (Å²) in [7, 11) is 0. The molecule has 0 atom stereocenters. The van der Waals surface area contributed by atoms with E-state index >= 15 is 0 Å². The number of anilines is 1. The monoisotopic (exact) mass is 796 g/mol. The number of ether oxygens (including phenoxy) is 2. The molecular formula is C38H42F2N6O5S3. The fourth-order valence-corrected chi connectivity index (χ4v) is 8.70. The number of halogens is 2. The van der Waals surface area contributed by atoms with Gasteiger partial charge in [-0.25, -0.2) is 28.3 Å². The number of nitrogens with two attached hydrogens (primary N) is 1. The topological polar surface area (TPSA) is 152 Å². The van der Waals surface area contributed by atoms with Gasteiger partial charge < -0.3 is 25.0 Å². The Bertz CT molecular complexity index is 2200. The Balaban J connectivity index is 0.000000174. The second-order valence-electron chi connectivity index (χ2n) is 14.6. The number of carbonyl (C=O) groups excluding carboxylic acids is 3. The summed E-state index contributed by atoms with van der Waals surface area (Å²) in [6.07, 6.45) is 1.28. The zero-order valence-corrected chi connectivity index (χ0v) is 33.4. The Morgan fingerprint density at radius 2 is 1.37 bits per heavy atom. The van der Waals surface area contributed by atoms with Crippen molar-refractivity contribution in [2.45, 2.75) is 85.0 Å². The predicted molar refractivity (Wildman–Crippen MR) is 209 cm³/mol. The van der Waals surface area contributed by atoms with Gasteiger partial charge in [0.05, 0.1) is 44.5 Å². The molecule has 5 heterocycles. The second kappa shape index (κ2) is 16.7. The lowest BCUT2D eigenvalue weighted by atomic mass is 10.0. The van der Waals surface area contributed by atoms with Crippen molar-refractivity contribution in [3.63, 3.8) is 0 Å². The highest BCUT2D eigenvalue weighted by Gasteiger charge is 2.30. The van der Waals surface area contributed by atoms with Crippen LogP contribution in [0.4, 0.5) is 23.4 Å². The first kappa shape index (κ1) is 40.5. The zero-order chi connectivity index (χ0) is 39.4. The van der Waals surface area contributed by atoms with Gasteiger partial charge in [-0.2, -0.15) is 5.26 Å². The van der Waals surface area contributed by atoms with Gasteiger partial charge in [-0.1, -0.05) is 0 Å². The standard InChI is InChI=1S/C19H20FN3O2S2.C10H17NO3.C9H5FN2S/c1-19(2,3)25-18(24)23-7-6-11-14(9-23)26-16(21)15(11)17-22-12-5-4-10(20)8-13(12)27-17;1-10(2,3)14-9(13)11-6-4-8(12)5-7-11;10-6-1-2-7-8(5-6)13-9(12-7)3-4-11/h4-5,8H,6-7,9,21H2,1-3H3;4-7H2,1-3H3;1-2,5H,3H2. The minimum absolute atomic E-state index is 0.227. The Hall–Kier alpha value is -4.72. The van der Waals surface area contributed by atoms with E-state index in [2.05, 4.69) is 9.97 Å². The molecule has 2 aromatic carbocycles. The van der Waals surface area contributed by atoms with Gasteiger partial charge in [-0.05, 0) is 89.9 Å². The molecule has 54 heavy (non-hydrogen) atoms. The number of hydrogen-bond acceptors (Lipinski definition) is 12. The van der Waals surface area contributed by atoms with Crippen LogP contribution in [0.3, 0.4) is 0 Å². The SMILES string of the molecule is CC(C)(C)OC(=O)N1CCC(=O)CC1.CC(C)(C)OC(=O)N1CCc2c(sc(N)c2-c2nc3ccc(F)cc3s2)C1.N#CCc1nc2ccc(F)cc2s1. The molecule has 0 saturated carbocycles. The van der Waals surface area contributed by atoms with Crippen LogP contribution in [0.25, 0.3) is 31.0 Å². The molecule has 2 aliphatic rings. The Morgan fingerprint density at radius 3 is 1.94 bits per heavy atom. The van der Waals surface area contributed by atoms with Crippen molar-refractivity contribution in [3.8, 4) is 16.6 Å². The highest BCUT2D eigenvalue weighted by molar-refractivity contribution is 7.22. The van der Waals surface area contributed by atoms with E-state index in [0.29, 0.717) is 56.9 Å². The fourth-order valence-electron chi connectivity index (χ4n) is 5.50. The van der Waals surface area contributed by atoms with Crippen LogP contribution in [-0.2, 0) is 33.7 Å². The van der Waals surface area contributed by atoms with Gasteiger partial charge in [-0.3, -0.25) is 4.79 Å². The number of fused-ring (bicyclic) bond motifs is 3. The van der Waals surface area contributed by atoms with E-state index in [9.17, 15) is 23.2 Å². The number of piperidine rings is 1. The summed E-state index contributed by atoms with van der Waals surface area (Å²) in [5.41, 5.74) is 8.92. The molecule has 3 aromatic heterocycles. The number of ketones is 1. The number of thiazole rings is 2. The highest BCUT2D eigenvalue weighted by atomic mass is 32.1. The van der Waals surface area contributed by atoms with Crippen LogP contribution in [0.15, 0.2) is 36.4 Å². The van der Waals surface area contributed by atoms with Crippen LogP contribution in [0.1, 0.15) is 69.8 Å². The lowest BCUT2D eigenvalue weighted by Gasteiger charge is -2.30. The minimum atomic E-state index is -0.521. The quantitative estimate of drug-likeness (QED) is 0.184. The van der Waals surface area contributed by atoms with Crippen LogP contribution < -0.4 is 5.73 Å². The largest absolute Gasteiger partial charge is 0.444 e. The van der Waals surface area contributed by atoms with E-state index in [0.717, 1.165) is 46.5 Å². The molecule has 2 aliphatic heterocycles. The number of benzene rings is 2. The highest BCUT2D eigenvalue weighted by Crippen LogP contribution is 2.44. The number of Topliss-reactive ketones (excluding diaryl/α,β-unsaturated/α-hetero) is 1. The maximum Gasteiger partial charge on any atom is 0.410 e. The van der Waals surface area contributed by atoms with Gasteiger partial charge >= 0.3 is 12.2 Å². The van der Waals surface area contributed by atoms with Crippen molar-refractivity contribution >= 4 is 77.4 Å². The molecule has 2 amide bonds. The molecule has 5 aromatic rings. The van der Waals surface area contributed by atoms with Crippen molar-refractivity contribution < 1.29 is 32.6 Å². The van der Waals surface area contributed by atoms with Crippen LogP contribution in [-0.4, -0.2) is 68.6 Å². The molecule has 0 bridgehead atoms. The van der Waals surface area contributed by atoms with E-state index < -0.39 is 11.2 Å². The summed E-state index contributed by atoms with van der Waals surface area (Å²) in [6.45, 7) is 13.1. The third kappa shape index (κ3) is 10.7. The van der Waals surface area contributed by atoms with E-state index in [-0.39, 0.29) is 29.6 Å². The molecule has 1 saturated heterocycles. The number of nitriles is 1. The van der Waals surface area contributed by atoms with Gasteiger partial charge in [0.15, 0.2) is 0 Å². The molecule has 16 heteroatoms. The van der Waals surface area contributed by atoms with Gasteiger partial charge in [0.25, 0.3) is 0 Å². The number of likely N-dealkylation sites (tertiary alicyclic amines) is 1. The summed E-state index contributed by atoms with van der Waals surface area (Å²) in [5.74, 6) is -0.310. The van der Waals surface area contributed by atoms with Crippen LogP contribution >= 0.6 is 34.0 Å². The van der Waals surface area contributed by atoms with E-state index in [1.165, 1.54) is 58.3 Å². The molecule has 2 N–H and O–H groups in total. The first-order valence-corrected chi connectivity index (χ1v) is 19.7. The molecule has 11 nitrogen and oxygen atoms in total. The third-order valence-electron chi connectivity index (χ3n) is 7.90.